The number of aromatic nitrogens is 3. The molecule has 0 unspecified atom stereocenters. The van der Waals surface area contributed by atoms with Gasteiger partial charge in [0.2, 0.25) is 5.88 Å². The van der Waals surface area contributed by atoms with Gasteiger partial charge in [0.1, 0.15) is 5.69 Å². The normalized spacial score (nSPS) is 11.6. The molecule has 0 radical (unpaired) electrons. The van der Waals surface area contributed by atoms with E-state index in [2.05, 4.69) is 15.0 Å². The predicted octanol–water partition coefficient (Wildman–Crippen LogP) is 3.03. The molecule has 1 aromatic carbocycles. The van der Waals surface area contributed by atoms with Gasteiger partial charge in [0.25, 0.3) is 0 Å². The van der Waals surface area contributed by atoms with Crippen molar-refractivity contribution in [1.82, 2.24) is 15.0 Å². The first kappa shape index (κ1) is 17.5. The molecule has 2 N–H and O–H groups in total. The second-order valence-electron chi connectivity index (χ2n) is 5.53. The molecule has 7 nitrogen and oxygen atoms in total. The highest BCUT2D eigenvalue weighted by Gasteiger charge is 2.13. The molecule has 0 bridgehead atoms. The molecule has 3 aromatic rings. The molecule has 0 fully saturated rings. The van der Waals surface area contributed by atoms with Gasteiger partial charge in [-0.3, -0.25) is 9.55 Å². The highest BCUT2D eigenvalue weighted by molar-refractivity contribution is 7.51. The Hall–Kier alpha value is -2.34. The zero-order chi connectivity index (χ0) is 17.7. The number of rotatable bonds is 7. The first-order valence-electron chi connectivity index (χ1n) is 7.88. The molecule has 0 aliphatic rings. The van der Waals surface area contributed by atoms with Crippen LogP contribution in [0.4, 0.5) is 0 Å². The van der Waals surface area contributed by atoms with Gasteiger partial charge in [0.15, 0.2) is 5.82 Å². The third kappa shape index (κ3) is 4.82. The second kappa shape index (κ2) is 7.70. The van der Waals surface area contributed by atoms with E-state index in [0.29, 0.717) is 36.8 Å². The molecular formula is C17H18N3O4P. The van der Waals surface area contributed by atoms with Crippen LogP contribution in [-0.2, 0) is 4.57 Å². The minimum atomic E-state index is -3.95. The van der Waals surface area contributed by atoms with Crippen LogP contribution in [0.1, 0.15) is 12.8 Å². The first-order chi connectivity index (χ1) is 12.0. The molecule has 8 heteroatoms. The Balaban J connectivity index is 1.80. The van der Waals surface area contributed by atoms with Crippen molar-refractivity contribution in [3.63, 3.8) is 0 Å². The Labute approximate surface area is 144 Å². The van der Waals surface area contributed by atoms with E-state index in [1.807, 2.05) is 42.5 Å². The van der Waals surface area contributed by atoms with E-state index in [-0.39, 0.29) is 6.16 Å². The van der Waals surface area contributed by atoms with Crippen molar-refractivity contribution in [2.24, 2.45) is 0 Å². The Morgan fingerprint density at radius 2 is 1.80 bits per heavy atom. The molecule has 0 atom stereocenters. The zero-order valence-electron chi connectivity index (χ0n) is 13.4. The molecule has 25 heavy (non-hydrogen) atoms. The lowest BCUT2D eigenvalue weighted by molar-refractivity contribution is 0.299. The Morgan fingerprint density at radius 1 is 1.00 bits per heavy atom. The smallest absolute Gasteiger partial charge is 0.325 e. The SMILES string of the molecule is O=P(O)(O)CCCCOc1nc(-c2ccccn2)nc2ccccc12. The maximum Gasteiger partial charge on any atom is 0.325 e. The number of para-hydroxylation sites is 1. The molecule has 0 aliphatic heterocycles. The number of hydrogen-bond acceptors (Lipinski definition) is 5. The summed E-state index contributed by atoms with van der Waals surface area (Å²) in [5, 5.41) is 0.789. The van der Waals surface area contributed by atoms with Crippen LogP contribution in [0.25, 0.3) is 22.4 Å². The lowest BCUT2D eigenvalue weighted by atomic mass is 10.2. The number of benzene rings is 1. The van der Waals surface area contributed by atoms with E-state index in [0.717, 1.165) is 10.9 Å². The predicted molar refractivity (Wildman–Crippen MR) is 94.4 cm³/mol. The van der Waals surface area contributed by atoms with E-state index < -0.39 is 7.60 Å². The molecule has 0 saturated heterocycles. The number of pyridine rings is 1. The lowest BCUT2D eigenvalue weighted by Gasteiger charge is -2.10. The van der Waals surface area contributed by atoms with Crippen LogP contribution in [0, 0.1) is 0 Å². The summed E-state index contributed by atoms with van der Waals surface area (Å²) < 4.78 is 16.6. The van der Waals surface area contributed by atoms with Gasteiger partial charge < -0.3 is 14.5 Å². The van der Waals surface area contributed by atoms with Gasteiger partial charge in [-0.2, -0.15) is 4.98 Å². The first-order valence-corrected chi connectivity index (χ1v) is 9.68. The summed E-state index contributed by atoms with van der Waals surface area (Å²) in [5.74, 6) is 0.923. The van der Waals surface area contributed by atoms with E-state index in [1.54, 1.807) is 6.20 Å². The number of nitrogens with zero attached hydrogens (tertiary/aromatic N) is 3. The minimum Gasteiger partial charge on any atom is -0.477 e. The molecule has 2 aromatic heterocycles. The number of hydrogen-bond donors (Lipinski definition) is 2. The average molecular weight is 359 g/mol. The van der Waals surface area contributed by atoms with Gasteiger partial charge in [-0.1, -0.05) is 18.2 Å². The van der Waals surface area contributed by atoms with Crippen molar-refractivity contribution in [1.29, 1.82) is 0 Å². The average Bonchev–Trinajstić information content (AvgIpc) is 2.61. The third-order valence-electron chi connectivity index (χ3n) is 3.54. The third-order valence-corrected chi connectivity index (χ3v) is 4.44. The number of ether oxygens (including phenoxy) is 1. The highest BCUT2D eigenvalue weighted by atomic mass is 31.2. The van der Waals surface area contributed by atoms with Crippen LogP contribution in [-0.4, -0.2) is 37.5 Å². The van der Waals surface area contributed by atoms with Crippen molar-refractivity contribution in [3.05, 3.63) is 48.7 Å². The van der Waals surface area contributed by atoms with Gasteiger partial charge in [-0.15, -0.1) is 0 Å². The van der Waals surface area contributed by atoms with Crippen molar-refractivity contribution in [3.8, 4) is 17.4 Å². The van der Waals surface area contributed by atoms with Crippen molar-refractivity contribution >= 4 is 18.5 Å². The van der Waals surface area contributed by atoms with Crippen LogP contribution in [0.5, 0.6) is 5.88 Å². The Kier molecular flexibility index (Phi) is 5.38. The Morgan fingerprint density at radius 3 is 2.56 bits per heavy atom. The van der Waals surface area contributed by atoms with E-state index >= 15 is 0 Å². The molecule has 130 valence electrons. The van der Waals surface area contributed by atoms with Gasteiger partial charge in [0, 0.05) is 12.4 Å². The topological polar surface area (TPSA) is 105 Å². The van der Waals surface area contributed by atoms with E-state index in [4.69, 9.17) is 14.5 Å². The quantitative estimate of drug-likeness (QED) is 0.493. The lowest BCUT2D eigenvalue weighted by Crippen LogP contribution is -2.03. The maximum atomic E-state index is 10.9. The van der Waals surface area contributed by atoms with Gasteiger partial charge in [-0.25, -0.2) is 4.98 Å². The van der Waals surface area contributed by atoms with E-state index in [1.165, 1.54) is 0 Å². The molecular weight excluding hydrogens is 341 g/mol. The van der Waals surface area contributed by atoms with Gasteiger partial charge in [-0.05, 0) is 37.1 Å². The fraction of sp³-hybridized carbons (Fsp3) is 0.235. The van der Waals surface area contributed by atoms with E-state index in [9.17, 15) is 4.57 Å². The van der Waals surface area contributed by atoms with Crippen LogP contribution in [0.3, 0.4) is 0 Å². The van der Waals surface area contributed by atoms with Crippen LogP contribution in [0.2, 0.25) is 0 Å². The summed E-state index contributed by atoms with van der Waals surface area (Å²) in [6, 6.07) is 13.0. The van der Waals surface area contributed by atoms with Crippen molar-refractivity contribution in [2.75, 3.05) is 12.8 Å². The molecule has 3 rings (SSSR count). The van der Waals surface area contributed by atoms with Crippen LogP contribution >= 0.6 is 7.60 Å². The molecule has 0 amide bonds. The monoisotopic (exact) mass is 359 g/mol. The standard InChI is InChI=1S/C17H18N3O4P/c21-25(22,23)12-6-5-11-24-17-13-7-1-2-8-14(13)19-16(20-17)15-9-3-4-10-18-15/h1-4,7-10H,5-6,11-12H2,(H2,21,22,23). The highest BCUT2D eigenvalue weighted by Crippen LogP contribution is 2.35. The molecule has 2 heterocycles. The number of unbranched alkanes of at least 4 members (excludes halogenated alkanes) is 1. The van der Waals surface area contributed by atoms with Crippen molar-refractivity contribution < 1.29 is 19.1 Å². The summed E-state index contributed by atoms with van der Waals surface area (Å²) >= 11 is 0. The summed E-state index contributed by atoms with van der Waals surface area (Å²) in [7, 11) is -3.95. The molecule has 0 saturated carbocycles. The maximum absolute atomic E-state index is 10.9. The summed E-state index contributed by atoms with van der Waals surface area (Å²) in [5.41, 5.74) is 1.41. The summed E-state index contributed by atoms with van der Waals surface area (Å²) in [6.45, 7) is 0.322. The second-order valence-corrected chi connectivity index (χ2v) is 7.30. The molecule has 0 aliphatic carbocycles. The van der Waals surface area contributed by atoms with Crippen LogP contribution in [0.15, 0.2) is 48.7 Å². The minimum absolute atomic E-state index is 0.139. The molecule has 0 spiro atoms. The van der Waals surface area contributed by atoms with Crippen molar-refractivity contribution in [2.45, 2.75) is 12.8 Å². The zero-order valence-corrected chi connectivity index (χ0v) is 14.3. The van der Waals surface area contributed by atoms with Gasteiger partial charge in [0.05, 0.1) is 17.5 Å². The van der Waals surface area contributed by atoms with Gasteiger partial charge >= 0.3 is 7.60 Å². The summed E-state index contributed by atoms with van der Waals surface area (Å²) in [6.07, 6.45) is 2.46. The largest absolute Gasteiger partial charge is 0.477 e. The fourth-order valence-electron chi connectivity index (χ4n) is 2.36. The fourth-order valence-corrected chi connectivity index (χ4v) is 2.99. The Bertz CT molecular complexity index is 899. The van der Waals surface area contributed by atoms with Crippen LogP contribution < -0.4 is 4.74 Å². The number of fused-ring (bicyclic) bond motifs is 1. The summed E-state index contributed by atoms with van der Waals surface area (Å²) in [4.78, 5) is 31.0.